The summed E-state index contributed by atoms with van der Waals surface area (Å²) in [5.41, 5.74) is 3.67. The third-order valence-electron chi connectivity index (χ3n) is 4.06. The molecule has 0 bridgehead atoms. The molecule has 1 aromatic carbocycles. The molecule has 2 rings (SSSR count). The number of nitrogens with zero attached hydrogens (tertiary/aromatic N) is 4. The fourth-order valence-corrected chi connectivity index (χ4v) is 3.12. The van der Waals surface area contributed by atoms with Gasteiger partial charge < -0.3 is 9.80 Å². The van der Waals surface area contributed by atoms with Crippen LogP contribution in [0.2, 0.25) is 0 Å². The standard InChI is InChI=1S/C19H22N4O/c1-14-9-15(2)11-17(10-14)13-23-8-7-22(6-5-16(3)24)19(23)18(12-20)21-4/h9-11H,5-8,13H2,1-3H3/b19-18+. The molecule has 0 unspecified atom stereocenters. The summed E-state index contributed by atoms with van der Waals surface area (Å²) < 4.78 is 0. The first-order valence-electron chi connectivity index (χ1n) is 8.03. The van der Waals surface area contributed by atoms with Crippen molar-refractivity contribution in [3.05, 3.63) is 57.8 Å². The summed E-state index contributed by atoms with van der Waals surface area (Å²) in [4.78, 5) is 18.7. The summed E-state index contributed by atoms with van der Waals surface area (Å²) >= 11 is 0. The molecule has 0 aromatic heterocycles. The zero-order chi connectivity index (χ0) is 17.7. The molecule has 5 heteroatoms. The summed E-state index contributed by atoms with van der Waals surface area (Å²) in [5.74, 6) is 0.774. The minimum absolute atomic E-state index is 0.0976. The molecule has 124 valence electrons. The molecule has 5 nitrogen and oxygen atoms in total. The first-order chi connectivity index (χ1) is 11.4. The second-order valence-corrected chi connectivity index (χ2v) is 6.25. The lowest BCUT2D eigenvalue weighted by molar-refractivity contribution is -0.117. The van der Waals surface area contributed by atoms with Crippen molar-refractivity contribution in [3.8, 4) is 6.07 Å². The van der Waals surface area contributed by atoms with Gasteiger partial charge in [-0.25, -0.2) is 10.1 Å². The van der Waals surface area contributed by atoms with Gasteiger partial charge in [0.1, 0.15) is 11.6 Å². The molecule has 1 heterocycles. The van der Waals surface area contributed by atoms with E-state index in [1.165, 1.54) is 16.7 Å². The number of ketones is 1. The Kier molecular flexibility index (Phi) is 5.60. The van der Waals surface area contributed by atoms with E-state index >= 15 is 0 Å². The maximum atomic E-state index is 11.3. The SMILES string of the molecule is [C-]#[N+]/C(C#N)=C1\N(CCC(C)=O)CCN1Cc1cc(C)cc(C)c1. The van der Waals surface area contributed by atoms with Gasteiger partial charge in [-0.15, -0.1) is 0 Å². The third kappa shape index (κ3) is 4.14. The number of hydrogen-bond donors (Lipinski definition) is 0. The second kappa shape index (κ2) is 7.66. The molecule has 1 aliphatic rings. The predicted molar refractivity (Wildman–Crippen MR) is 92.4 cm³/mol. The Labute approximate surface area is 143 Å². The number of rotatable bonds is 5. The van der Waals surface area contributed by atoms with Crippen molar-refractivity contribution in [2.75, 3.05) is 19.6 Å². The van der Waals surface area contributed by atoms with E-state index in [4.69, 9.17) is 6.57 Å². The van der Waals surface area contributed by atoms with Gasteiger partial charge in [0.2, 0.25) is 0 Å². The highest BCUT2D eigenvalue weighted by molar-refractivity contribution is 5.75. The van der Waals surface area contributed by atoms with Crippen molar-refractivity contribution in [1.29, 1.82) is 5.26 Å². The Morgan fingerprint density at radius 2 is 1.88 bits per heavy atom. The summed E-state index contributed by atoms with van der Waals surface area (Å²) in [7, 11) is 0. The van der Waals surface area contributed by atoms with Crippen LogP contribution >= 0.6 is 0 Å². The highest BCUT2D eigenvalue weighted by atomic mass is 16.1. The van der Waals surface area contributed by atoms with E-state index in [1.807, 2.05) is 11.0 Å². The monoisotopic (exact) mass is 322 g/mol. The van der Waals surface area contributed by atoms with E-state index in [1.54, 1.807) is 6.92 Å². The average Bonchev–Trinajstić information content (AvgIpc) is 2.88. The van der Waals surface area contributed by atoms with Crippen LogP contribution in [0.5, 0.6) is 0 Å². The van der Waals surface area contributed by atoms with E-state index < -0.39 is 0 Å². The normalized spacial score (nSPS) is 15.9. The zero-order valence-corrected chi connectivity index (χ0v) is 14.5. The number of carbonyl (C=O) groups is 1. The van der Waals surface area contributed by atoms with Gasteiger partial charge >= 0.3 is 5.70 Å². The van der Waals surface area contributed by atoms with E-state index in [0.717, 1.165) is 13.1 Å². The van der Waals surface area contributed by atoms with Crippen LogP contribution in [0.3, 0.4) is 0 Å². The first kappa shape index (κ1) is 17.6. The van der Waals surface area contributed by atoms with E-state index in [2.05, 4.69) is 41.8 Å². The molecule has 0 radical (unpaired) electrons. The number of Topliss-reactive ketones (excluding diaryl/α,β-unsaturated/α-hetero) is 1. The Balaban J connectivity index is 2.28. The molecule has 0 atom stereocenters. The lowest BCUT2D eigenvalue weighted by Crippen LogP contribution is -2.26. The minimum Gasteiger partial charge on any atom is -0.364 e. The first-order valence-corrected chi connectivity index (χ1v) is 8.03. The van der Waals surface area contributed by atoms with Crippen molar-refractivity contribution in [3.63, 3.8) is 0 Å². The van der Waals surface area contributed by atoms with Crippen molar-refractivity contribution in [1.82, 2.24) is 9.80 Å². The Hall–Kier alpha value is -2.79. The molecule has 0 amide bonds. The van der Waals surface area contributed by atoms with Crippen LogP contribution in [0.1, 0.15) is 30.0 Å². The molecule has 1 saturated heterocycles. The van der Waals surface area contributed by atoms with Gasteiger partial charge in [-0.05, 0) is 26.3 Å². The molecule has 0 saturated carbocycles. The summed E-state index contributed by atoms with van der Waals surface area (Å²) in [6.07, 6.45) is 0.428. The van der Waals surface area contributed by atoms with Gasteiger partial charge in [0.05, 0.1) is 12.6 Å². The van der Waals surface area contributed by atoms with Gasteiger partial charge in [0.25, 0.3) is 0 Å². The van der Waals surface area contributed by atoms with Crippen molar-refractivity contribution >= 4 is 5.78 Å². The Morgan fingerprint density at radius 3 is 2.42 bits per heavy atom. The number of carbonyl (C=O) groups excluding carboxylic acids is 1. The number of aryl methyl sites for hydroxylation is 2. The molecule has 1 aromatic rings. The third-order valence-corrected chi connectivity index (χ3v) is 4.06. The average molecular weight is 322 g/mol. The van der Waals surface area contributed by atoms with Gasteiger partial charge in [0.15, 0.2) is 0 Å². The molecular weight excluding hydrogens is 300 g/mol. The van der Waals surface area contributed by atoms with Crippen LogP contribution in [0.15, 0.2) is 29.7 Å². The van der Waals surface area contributed by atoms with Crippen LogP contribution < -0.4 is 0 Å². The highest BCUT2D eigenvalue weighted by Crippen LogP contribution is 2.25. The van der Waals surface area contributed by atoms with E-state index in [-0.39, 0.29) is 11.5 Å². The summed E-state index contributed by atoms with van der Waals surface area (Å²) in [6.45, 7) is 15.7. The van der Waals surface area contributed by atoms with Crippen LogP contribution in [0, 0.1) is 31.8 Å². The highest BCUT2D eigenvalue weighted by Gasteiger charge is 2.28. The lowest BCUT2D eigenvalue weighted by atomic mass is 10.1. The number of allylic oxidation sites excluding steroid dienone is 1. The van der Waals surface area contributed by atoms with Crippen molar-refractivity contribution < 1.29 is 4.79 Å². The number of benzene rings is 1. The minimum atomic E-state index is 0.0976. The van der Waals surface area contributed by atoms with Gasteiger partial charge in [-0.1, -0.05) is 29.3 Å². The van der Waals surface area contributed by atoms with E-state index in [9.17, 15) is 10.1 Å². The van der Waals surface area contributed by atoms with Crippen molar-refractivity contribution in [2.45, 2.75) is 33.7 Å². The predicted octanol–water partition coefficient (Wildman–Crippen LogP) is 3.01. The fraction of sp³-hybridized carbons (Fsp3) is 0.421. The van der Waals surface area contributed by atoms with Gasteiger partial charge in [-0.3, -0.25) is 4.79 Å². The maximum Gasteiger partial charge on any atom is 0.300 e. The topological polar surface area (TPSA) is 51.7 Å². The lowest BCUT2D eigenvalue weighted by Gasteiger charge is -2.25. The zero-order valence-electron chi connectivity index (χ0n) is 14.5. The molecule has 24 heavy (non-hydrogen) atoms. The van der Waals surface area contributed by atoms with Crippen LogP contribution in [-0.2, 0) is 11.3 Å². The van der Waals surface area contributed by atoms with E-state index in [0.29, 0.717) is 25.3 Å². The number of nitriles is 1. The Bertz CT molecular complexity index is 715. The number of hydrogen-bond acceptors (Lipinski definition) is 4. The molecule has 1 fully saturated rings. The van der Waals surface area contributed by atoms with Gasteiger partial charge in [-0.2, -0.15) is 0 Å². The largest absolute Gasteiger partial charge is 0.364 e. The Morgan fingerprint density at radius 1 is 1.25 bits per heavy atom. The molecule has 0 spiro atoms. The smallest absolute Gasteiger partial charge is 0.300 e. The van der Waals surface area contributed by atoms with Gasteiger partial charge in [0, 0.05) is 32.6 Å². The van der Waals surface area contributed by atoms with Crippen LogP contribution in [0.25, 0.3) is 4.85 Å². The maximum absolute atomic E-state index is 11.3. The molecule has 0 N–H and O–H groups in total. The van der Waals surface area contributed by atoms with Crippen LogP contribution in [0.4, 0.5) is 0 Å². The quantitative estimate of drug-likeness (QED) is 0.618. The molecule has 0 aliphatic carbocycles. The summed E-state index contributed by atoms with van der Waals surface area (Å²) in [5, 5.41) is 9.31. The second-order valence-electron chi connectivity index (χ2n) is 6.25. The van der Waals surface area contributed by atoms with Crippen LogP contribution in [-0.4, -0.2) is 35.2 Å². The fourth-order valence-electron chi connectivity index (χ4n) is 3.12. The summed E-state index contributed by atoms with van der Waals surface area (Å²) in [6, 6.07) is 8.40. The molecule has 1 aliphatic heterocycles. The van der Waals surface area contributed by atoms with Crippen molar-refractivity contribution in [2.24, 2.45) is 0 Å². The molecular formula is C19H22N4O.